The van der Waals surface area contributed by atoms with E-state index in [1.165, 1.54) is 0 Å². The van der Waals surface area contributed by atoms with Crippen LogP contribution in [-0.2, 0) is 28.6 Å². The summed E-state index contributed by atoms with van der Waals surface area (Å²) >= 11 is 0. The number of hydrogen-bond acceptors (Lipinski definition) is 6. The minimum absolute atomic E-state index is 0.130. The van der Waals surface area contributed by atoms with Crippen molar-refractivity contribution >= 4 is 17.7 Å². The zero-order valence-corrected chi connectivity index (χ0v) is 14.3. The van der Waals surface area contributed by atoms with E-state index < -0.39 is 23.1 Å². The summed E-state index contributed by atoms with van der Waals surface area (Å²) in [7, 11) is 0. The second kappa shape index (κ2) is 12.7. The Bertz CT molecular complexity index is 348. The van der Waals surface area contributed by atoms with Crippen molar-refractivity contribution < 1.29 is 28.6 Å². The first-order chi connectivity index (χ1) is 11.3. The van der Waals surface area contributed by atoms with Gasteiger partial charge in [-0.3, -0.25) is 14.4 Å². The summed E-state index contributed by atoms with van der Waals surface area (Å²) in [5, 5.41) is 0. The van der Waals surface area contributed by atoms with E-state index in [9.17, 15) is 14.4 Å². The molecular weight excluding hydrogens is 318 g/mol. The molecule has 0 saturated heterocycles. The van der Waals surface area contributed by atoms with Gasteiger partial charge in [-0.25, -0.2) is 0 Å². The van der Waals surface area contributed by atoms with E-state index in [2.05, 4.69) is 0 Å². The van der Waals surface area contributed by atoms with E-state index in [4.69, 9.17) is 31.4 Å². The van der Waals surface area contributed by atoms with Crippen LogP contribution in [0.25, 0.3) is 0 Å². The summed E-state index contributed by atoms with van der Waals surface area (Å²) in [4.78, 5) is 32.2. The minimum Gasteiger partial charge on any atom is -0.380 e. The van der Waals surface area contributed by atoms with Gasteiger partial charge < -0.3 is 31.4 Å². The van der Waals surface area contributed by atoms with Crippen molar-refractivity contribution in [2.75, 3.05) is 39.6 Å². The van der Waals surface area contributed by atoms with Gasteiger partial charge in [0.05, 0.1) is 39.6 Å². The minimum atomic E-state index is -0.465. The van der Waals surface area contributed by atoms with Crippen molar-refractivity contribution in [1.82, 2.24) is 0 Å². The van der Waals surface area contributed by atoms with Crippen molar-refractivity contribution in [2.45, 2.75) is 32.6 Å². The molecule has 0 aliphatic rings. The lowest BCUT2D eigenvalue weighted by Gasteiger charge is -2.32. The number of primary amides is 3. The molecule has 0 aliphatic heterocycles. The van der Waals surface area contributed by atoms with Crippen molar-refractivity contribution in [1.29, 1.82) is 0 Å². The van der Waals surface area contributed by atoms with Gasteiger partial charge in [0, 0.05) is 24.7 Å². The molecule has 0 radical (unpaired) electrons. The number of carbonyl (C=O) groups excluding carboxylic acids is 3. The Kier molecular flexibility index (Phi) is 11.8. The molecule has 0 heterocycles. The summed E-state index contributed by atoms with van der Waals surface area (Å²) in [5.74, 6) is -1.31. The van der Waals surface area contributed by atoms with Crippen LogP contribution in [0.2, 0.25) is 0 Å². The quantitative estimate of drug-likeness (QED) is 0.306. The average Bonchev–Trinajstić information content (AvgIpc) is 2.51. The molecule has 0 aromatic rings. The third-order valence-corrected chi connectivity index (χ3v) is 3.45. The topological polar surface area (TPSA) is 157 Å². The second-order valence-corrected chi connectivity index (χ2v) is 5.66. The van der Waals surface area contributed by atoms with Gasteiger partial charge in [0.1, 0.15) is 0 Å². The van der Waals surface area contributed by atoms with E-state index in [0.29, 0.717) is 26.2 Å². The van der Waals surface area contributed by atoms with Crippen LogP contribution in [0.5, 0.6) is 0 Å². The summed E-state index contributed by atoms with van der Waals surface area (Å²) in [5.41, 5.74) is 14.8. The molecule has 0 saturated carbocycles. The normalized spacial score (nSPS) is 11.4. The standard InChI is InChI=1S/C15H29N3O6/c1-2-15(9-22-6-3-12(16)19,10-23-7-4-13(17)20)11-24-8-5-14(18)21/h2-11H2,1H3,(H2,16,19)(H2,17,20)(H2,18,21). The lowest BCUT2D eigenvalue weighted by atomic mass is 9.88. The van der Waals surface area contributed by atoms with Crippen molar-refractivity contribution in [2.24, 2.45) is 22.6 Å². The average molecular weight is 347 g/mol. The smallest absolute Gasteiger partial charge is 0.219 e. The van der Waals surface area contributed by atoms with Gasteiger partial charge in [0.25, 0.3) is 0 Å². The zero-order valence-electron chi connectivity index (χ0n) is 14.3. The molecule has 0 unspecified atom stereocenters. The molecule has 0 atom stereocenters. The van der Waals surface area contributed by atoms with Crippen LogP contribution in [-0.4, -0.2) is 57.4 Å². The molecule has 3 amide bonds. The Morgan fingerprint density at radius 2 is 1.00 bits per heavy atom. The maximum atomic E-state index is 10.7. The summed E-state index contributed by atoms with van der Waals surface area (Å²) in [6, 6.07) is 0. The number of carbonyl (C=O) groups is 3. The van der Waals surface area contributed by atoms with Crippen LogP contribution in [0.15, 0.2) is 0 Å². The van der Waals surface area contributed by atoms with Gasteiger partial charge in [-0.05, 0) is 6.42 Å². The second-order valence-electron chi connectivity index (χ2n) is 5.66. The van der Waals surface area contributed by atoms with Gasteiger partial charge in [0.15, 0.2) is 0 Å². The molecule has 0 rings (SSSR count). The Morgan fingerprint density at radius 1 is 0.708 bits per heavy atom. The van der Waals surface area contributed by atoms with E-state index >= 15 is 0 Å². The molecule has 0 fully saturated rings. The third-order valence-electron chi connectivity index (χ3n) is 3.45. The first-order valence-corrected chi connectivity index (χ1v) is 7.89. The third kappa shape index (κ3) is 11.8. The van der Waals surface area contributed by atoms with Gasteiger partial charge in [-0.15, -0.1) is 0 Å². The number of amides is 3. The van der Waals surface area contributed by atoms with E-state index in [0.717, 1.165) is 0 Å². The highest BCUT2D eigenvalue weighted by molar-refractivity contribution is 5.74. The highest BCUT2D eigenvalue weighted by Crippen LogP contribution is 2.24. The lowest BCUT2D eigenvalue weighted by Crippen LogP contribution is -2.38. The maximum Gasteiger partial charge on any atom is 0.219 e. The molecule has 0 aliphatic carbocycles. The number of ether oxygens (including phenoxy) is 3. The monoisotopic (exact) mass is 347 g/mol. The maximum absolute atomic E-state index is 10.7. The Balaban J connectivity index is 4.45. The lowest BCUT2D eigenvalue weighted by molar-refractivity contribution is -0.120. The summed E-state index contributed by atoms with van der Waals surface area (Å²) in [6.07, 6.45) is 1.07. The van der Waals surface area contributed by atoms with Crippen molar-refractivity contribution in [3.63, 3.8) is 0 Å². The van der Waals surface area contributed by atoms with Gasteiger partial charge in [0.2, 0.25) is 17.7 Å². The van der Waals surface area contributed by atoms with Crippen LogP contribution in [0.1, 0.15) is 32.6 Å². The Hall–Kier alpha value is -1.71. The number of rotatable bonds is 16. The largest absolute Gasteiger partial charge is 0.380 e. The highest BCUT2D eigenvalue weighted by Gasteiger charge is 2.30. The number of nitrogens with two attached hydrogens (primary N) is 3. The SMILES string of the molecule is CCC(COCCC(N)=O)(COCCC(N)=O)COCCC(N)=O. The van der Waals surface area contributed by atoms with Crippen molar-refractivity contribution in [3.05, 3.63) is 0 Å². The van der Waals surface area contributed by atoms with Gasteiger partial charge in [-0.1, -0.05) is 6.92 Å². The molecule has 24 heavy (non-hydrogen) atoms. The molecule has 140 valence electrons. The molecule has 0 aromatic heterocycles. The molecule has 0 spiro atoms. The first kappa shape index (κ1) is 22.3. The van der Waals surface area contributed by atoms with Crippen molar-refractivity contribution in [3.8, 4) is 0 Å². The fourth-order valence-corrected chi connectivity index (χ4v) is 1.82. The Morgan fingerprint density at radius 3 is 1.21 bits per heavy atom. The molecule has 9 heteroatoms. The molecule has 0 bridgehead atoms. The van der Waals surface area contributed by atoms with Crippen LogP contribution < -0.4 is 17.2 Å². The predicted molar refractivity (Wildman–Crippen MR) is 86.6 cm³/mol. The summed E-state index contributed by atoms with van der Waals surface area (Å²) in [6.45, 7) is 3.46. The van der Waals surface area contributed by atoms with Gasteiger partial charge >= 0.3 is 0 Å². The highest BCUT2D eigenvalue weighted by atomic mass is 16.5. The zero-order chi connectivity index (χ0) is 18.4. The Labute approximate surface area is 142 Å². The summed E-state index contributed by atoms with van der Waals surface area (Å²) < 4.78 is 16.5. The van der Waals surface area contributed by atoms with E-state index in [-0.39, 0.29) is 39.1 Å². The fourth-order valence-electron chi connectivity index (χ4n) is 1.82. The van der Waals surface area contributed by atoms with Gasteiger partial charge in [-0.2, -0.15) is 0 Å². The van der Waals surface area contributed by atoms with Crippen LogP contribution in [0.3, 0.4) is 0 Å². The van der Waals surface area contributed by atoms with E-state index in [1.54, 1.807) is 0 Å². The van der Waals surface area contributed by atoms with Crippen LogP contribution in [0, 0.1) is 5.41 Å². The molecule has 9 nitrogen and oxygen atoms in total. The fraction of sp³-hybridized carbons (Fsp3) is 0.800. The number of hydrogen-bond donors (Lipinski definition) is 3. The molecular formula is C15H29N3O6. The molecule has 6 N–H and O–H groups in total. The first-order valence-electron chi connectivity index (χ1n) is 7.89. The molecule has 0 aromatic carbocycles. The van der Waals surface area contributed by atoms with Crippen LogP contribution in [0.4, 0.5) is 0 Å². The predicted octanol–water partition coefficient (Wildman–Crippen LogP) is -0.941. The van der Waals surface area contributed by atoms with E-state index in [1.807, 2.05) is 6.92 Å². The van der Waals surface area contributed by atoms with Crippen LogP contribution >= 0.6 is 0 Å².